The first-order valence-corrected chi connectivity index (χ1v) is 6.80. The number of hydrogen-bond acceptors (Lipinski definition) is 2. The highest BCUT2D eigenvalue weighted by Gasteiger charge is 2.15. The van der Waals surface area contributed by atoms with Crippen molar-refractivity contribution >= 4 is 0 Å². The fourth-order valence-electron chi connectivity index (χ4n) is 2.44. The summed E-state index contributed by atoms with van der Waals surface area (Å²) in [5.74, 6) is 0. The van der Waals surface area contributed by atoms with Gasteiger partial charge in [-0.1, -0.05) is 6.92 Å². The van der Waals surface area contributed by atoms with Crippen LogP contribution in [0.1, 0.15) is 44.7 Å². The van der Waals surface area contributed by atoms with Gasteiger partial charge in [0.05, 0.1) is 6.10 Å². The van der Waals surface area contributed by atoms with E-state index in [9.17, 15) is 0 Å². The zero-order valence-electron chi connectivity index (χ0n) is 11.0. The molecule has 0 aliphatic carbocycles. The lowest BCUT2D eigenvalue weighted by Crippen LogP contribution is -2.17. The first-order chi connectivity index (χ1) is 8.29. The molecule has 0 radical (unpaired) electrons. The minimum atomic E-state index is 0.448. The maximum atomic E-state index is 5.64. The Balaban J connectivity index is 1.80. The minimum absolute atomic E-state index is 0.448. The molecule has 0 spiro atoms. The second-order valence-corrected chi connectivity index (χ2v) is 4.89. The number of aromatic nitrogens is 1. The van der Waals surface area contributed by atoms with Gasteiger partial charge in [-0.3, -0.25) is 0 Å². The third kappa shape index (κ3) is 3.58. The largest absolute Gasteiger partial charge is 0.378 e. The minimum Gasteiger partial charge on any atom is -0.378 e. The van der Waals surface area contributed by atoms with Crippen molar-refractivity contribution in [1.29, 1.82) is 0 Å². The van der Waals surface area contributed by atoms with E-state index in [0.717, 1.165) is 26.1 Å². The monoisotopic (exact) mass is 236 g/mol. The summed E-state index contributed by atoms with van der Waals surface area (Å²) in [6.45, 7) is 7.40. The summed E-state index contributed by atoms with van der Waals surface area (Å²) in [5.41, 5.74) is 1.37. The Kier molecular flexibility index (Phi) is 4.63. The third-order valence-corrected chi connectivity index (χ3v) is 3.52. The summed E-state index contributed by atoms with van der Waals surface area (Å²) < 4.78 is 7.92. The molecule has 1 saturated heterocycles. The summed E-state index contributed by atoms with van der Waals surface area (Å²) in [5, 5.41) is 3.43. The van der Waals surface area contributed by atoms with Crippen LogP contribution in [0.2, 0.25) is 0 Å². The molecule has 2 heterocycles. The molecule has 3 nitrogen and oxygen atoms in total. The maximum absolute atomic E-state index is 5.64. The molecular formula is C14H24N2O. The molecule has 2 unspecified atom stereocenters. The van der Waals surface area contributed by atoms with Crippen LogP contribution in [0, 0.1) is 0 Å². The Bertz CT molecular complexity index is 329. The van der Waals surface area contributed by atoms with Gasteiger partial charge in [0.2, 0.25) is 0 Å². The Morgan fingerprint density at radius 2 is 2.47 bits per heavy atom. The van der Waals surface area contributed by atoms with Crippen LogP contribution in [0.15, 0.2) is 18.5 Å². The van der Waals surface area contributed by atoms with E-state index in [1.165, 1.54) is 18.4 Å². The zero-order valence-corrected chi connectivity index (χ0v) is 11.0. The molecule has 0 aromatic carbocycles. The van der Waals surface area contributed by atoms with E-state index in [4.69, 9.17) is 4.74 Å². The van der Waals surface area contributed by atoms with E-state index >= 15 is 0 Å². The first-order valence-electron chi connectivity index (χ1n) is 6.80. The summed E-state index contributed by atoms with van der Waals surface area (Å²) in [4.78, 5) is 0. The van der Waals surface area contributed by atoms with E-state index in [1.54, 1.807) is 0 Å². The molecule has 1 fully saturated rings. The molecule has 1 aliphatic rings. The van der Waals surface area contributed by atoms with Gasteiger partial charge in [-0.05, 0) is 44.4 Å². The number of aryl methyl sites for hydroxylation is 1. The van der Waals surface area contributed by atoms with Crippen molar-refractivity contribution < 1.29 is 4.74 Å². The van der Waals surface area contributed by atoms with Crippen LogP contribution in [0.25, 0.3) is 0 Å². The predicted octanol–water partition coefficient (Wildman–Crippen LogP) is 2.73. The van der Waals surface area contributed by atoms with Gasteiger partial charge < -0.3 is 14.6 Å². The smallest absolute Gasteiger partial charge is 0.0593 e. The van der Waals surface area contributed by atoms with E-state index < -0.39 is 0 Å². The van der Waals surface area contributed by atoms with Gasteiger partial charge in [0.15, 0.2) is 0 Å². The topological polar surface area (TPSA) is 26.2 Å². The predicted molar refractivity (Wildman–Crippen MR) is 70.1 cm³/mol. The lowest BCUT2D eigenvalue weighted by molar-refractivity contribution is 0.100. The number of ether oxygens (including phenoxy) is 1. The van der Waals surface area contributed by atoms with Crippen molar-refractivity contribution in [1.82, 2.24) is 9.88 Å². The van der Waals surface area contributed by atoms with Crippen LogP contribution in [0.4, 0.5) is 0 Å². The van der Waals surface area contributed by atoms with Crippen molar-refractivity contribution in [2.24, 2.45) is 0 Å². The van der Waals surface area contributed by atoms with Gasteiger partial charge in [0, 0.05) is 31.6 Å². The summed E-state index contributed by atoms with van der Waals surface area (Å²) in [6, 6.07) is 2.66. The van der Waals surface area contributed by atoms with Crippen molar-refractivity contribution in [3.8, 4) is 0 Å². The molecule has 2 rings (SSSR count). The molecule has 0 saturated carbocycles. The first kappa shape index (κ1) is 12.7. The third-order valence-electron chi connectivity index (χ3n) is 3.52. The number of rotatable bonds is 6. The SMILES string of the molecule is CCNC(C)c1ccn(CCC2CCCO2)c1. The summed E-state index contributed by atoms with van der Waals surface area (Å²) in [7, 11) is 0. The summed E-state index contributed by atoms with van der Waals surface area (Å²) in [6.07, 6.45) is 8.54. The Morgan fingerprint density at radius 1 is 1.59 bits per heavy atom. The number of nitrogens with zero attached hydrogens (tertiary/aromatic N) is 1. The second-order valence-electron chi connectivity index (χ2n) is 4.89. The van der Waals surface area contributed by atoms with Gasteiger partial charge >= 0.3 is 0 Å². The van der Waals surface area contributed by atoms with Gasteiger partial charge in [-0.15, -0.1) is 0 Å². The van der Waals surface area contributed by atoms with Crippen LogP contribution in [-0.2, 0) is 11.3 Å². The molecule has 1 aliphatic heterocycles. The Hall–Kier alpha value is -0.800. The normalized spacial score (nSPS) is 21.9. The van der Waals surface area contributed by atoms with Crippen LogP contribution >= 0.6 is 0 Å². The van der Waals surface area contributed by atoms with E-state index in [-0.39, 0.29) is 0 Å². The highest BCUT2D eigenvalue weighted by atomic mass is 16.5. The van der Waals surface area contributed by atoms with E-state index in [2.05, 4.69) is 42.2 Å². The quantitative estimate of drug-likeness (QED) is 0.822. The molecule has 96 valence electrons. The molecule has 3 heteroatoms. The molecule has 17 heavy (non-hydrogen) atoms. The van der Waals surface area contributed by atoms with Crippen molar-refractivity contribution in [3.63, 3.8) is 0 Å². The highest BCUT2D eigenvalue weighted by molar-refractivity contribution is 5.14. The standard InChI is InChI=1S/C14H24N2O/c1-3-15-12(2)13-6-8-16(11-13)9-7-14-5-4-10-17-14/h6,8,11-12,14-15H,3-5,7,9-10H2,1-2H3. The highest BCUT2D eigenvalue weighted by Crippen LogP contribution is 2.17. The lowest BCUT2D eigenvalue weighted by Gasteiger charge is -2.11. The average Bonchev–Trinajstić information content (AvgIpc) is 2.98. The Morgan fingerprint density at radius 3 is 3.18 bits per heavy atom. The second kappa shape index (κ2) is 6.22. The van der Waals surface area contributed by atoms with Crippen molar-refractivity contribution in [2.75, 3.05) is 13.2 Å². The van der Waals surface area contributed by atoms with Gasteiger partial charge in [0.1, 0.15) is 0 Å². The van der Waals surface area contributed by atoms with Crippen molar-refractivity contribution in [2.45, 2.75) is 51.8 Å². The van der Waals surface area contributed by atoms with Gasteiger partial charge in [-0.25, -0.2) is 0 Å². The molecule has 1 N–H and O–H groups in total. The molecular weight excluding hydrogens is 212 g/mol. The number of nitrogens with one attached hydrogen (secondary N) is 1. The van der Waals surface area contributed by atoms with Crippen molar-refractivity contribution in [3.05, 3.63) is 24.0 Å². The number of hydrogen-bond donors (Lipinski definition) is 1. The fraction of sp³-hybridized carbons (Fsp3) is 0.714. The Labute approximate surface area is 104 Å². The van der Waals surface area contributed by atoms with Crippen LogP contribution in [0.3, 0.4) is 0 Å². The molecule has 1 aromatic heterocycles. The van der Waals surface area contributed by atoms with Crippen LogP contribution < -0.4 is 5.32 Å². The molecule has 2 atom stereocenters. The summed E-state index contributed by atoms with van der Waals surface area (Å²) >= 11 is 0. The van der Waals surface area contributed by atoms with Crippen LogP contribution in [-0.4, -0.2) is 23.8 Å². The van der Waals surface area contributed by atoms with Gasteiger partial charge in [-0.2, -0.15) is 0 Å². The van der Waals surface area contributed by atoms with E-state index in [1.807, 2.05) is 0 Å². The molecule has 1 aromatic rings. The molecule has 0 amide bonds. The van der Waals surface area contributed by atoms with E-state index in [0.29, 0.717) is 12.1 Å². The lowest BCUT2D eigenvalue weighted by atomic mass is 10.2. The fourth-order valence-corrected chi connectivity index (χ4v) is 2.44. The van der Waals surface area contributed by atoms with Gasteiger partial charge in [0.25, 0.3) is 0 Å². The zero-order chi connectivity index (χ0) is 12.1. The molecule has 0 bridgehead atoms. The average molecular weight is 236 g/mol. The maximum Gasteiger partial charge on any atom is 0.0593 e. The van der Waals surface area contributed by atoms with Crippen LogP contribution in [0.5, 0.6) is 0 Å².